The van der Waals surface area contributed by atoms with E-state index in [0.717, 1.165) is 39.6 Å². The molecule has 2 heterocycles. The van der Waals surface area contributed by atoms with E-state index in [-0.39, 0.29) is 11.6 Å². The van der Waals surface area contributed by atoms with E-state index in [1.165, 1.54) is 32.9 Å². The number of ether oxygens (including phenoxy) is 5. The van der Waals surface area contributed by atoms with Gasteiger partial charge in [0, 0.05) is 43.9 Å². The van der Waals surface area contributed by atoms with Gasteiger partial charge in [0.05, 0.1) is 0 Å². The predicted molar refractivity (Wildman–Crippen MR) is 154 cm³/mol. The molecule has 0 aliphatic carbocycles. The van der Waals surface area contributed by atoms with Crippen molar-refractivity contribution in [2.45, 2.75) is 65.5 Å². The molecule has 1 aliphatic rings. The van der Waals surface area contributed by atoms with Gasteiger partial charge in [0.2, 0.25) is 6.10 Å². The van der Waals surface area contributed by atoms with Crippen molar-refractivity contribution in [2.24, 2.45) is 0 Å². The van der Waals surface area contributed by atoms with E-state index >= 15 is 0 Å². The smallest absolute Gasteiger partial charge is 0.307 e. The van der Waals surface area contributed by atoms with Crippen molar-refractivity contribution < 1.29 is 47.3 Å². The molecule has 0 unspecified atom stereocenters. The van der Waals surface area contributed by atoms with E-state index in [9.17, 15) is 23.6 Å². The highest BCUT2D eigenvalue weighted by molar-refractivity contribution is 7.15. The van der Waals surface area contributed by atoms with Gasteiger partial charge in [-0.1, -0.05) is 30.3 Å². The average Bonchev–Trinajstić information content (AvgIpc) is 3.39. The summed E-state index contributed by atoms with van der Waals surface area (Å²) in [6.07, 6.45) is -3.37. The number of thiophene rings is 1. The molecule has 1 saturated heterocycles. The van der Waals surface area contributed by atoms with Gasteiger partial charge in [-0.05, 0) is 53.4 Å². The van der Waals surface area contributed by atoms with Crippen LogP contribution in [0.4, 0.5) is 4.39 Å². The Hall–Kier alpha value is -4.51. The molecule has 1 aliphatic heterocycles. The minimum Gasteiger partial charge on any atom is -0.479 e. The number of hydrogen-bond acceptors (Lipinski definition) is 10. The maximum absolute atomic E-state index is 13.4. The van der Waals surface area contributed by atoms with Crippen molar-refractivity contribution in [3.05, 3.63) is 94.0 Å². The van der Waals surface area contributed by atoms with E-state index in [1.807, 2.05) is 31.2 Å². The second-order valence-corrected chi connectivity index (χ2v) is 11.2. The molecule has 4 atom stereocenters. The Morgan fingerprint density at radius 1 is 0.837 bits per heavy atom. The van der Waals surface area contributed by atoms with E-state index in [1.54, 1.807) is 29.5 Å². The molecule has 0 spiro atoms. The zero-order valence-electron chi connectivity index (χ0n) is 24.3. The third-order valence-electron chi connectivity index (χ3n) is 6.56. The Bertz CT molecular complexity index is 1540. The first-order valence-corrected chi connectivity index (χ1v) is 14.2. The van der Waals surface area contributed by atoms with Crippen molar-refractivity contribution in [2.75, 3.05) is 0 Å². The van der Waals surface area contributed by atoms with Crippen LogP contribution in [0.2, 0.25) is 0 Å². The Labute approximate surface area is 252 Å². The molecule has 2 aromatic carbocycles. The first-order valence-electron chi connectivity index (χ1n) is 13.4. The van der Waals surface area contributed by atoms with Gasteiger partial charge in [-0.15, -0.1) is 11.3 Å². The fourth-order valence-corrected chi connectivity index (χ4v) is 5.75. The van der Waals surface area contributed by atoms with Crippen LogP contribution in [0.5, 0.6) is 0 Å². The van der Waals surface area contributed by atoms with Crippen molar-refractivity contribution in [3.63, 3.8) is 0 Å². The molecule has 0 amide bonds. The number of carbonyl (C=O) groups is 4. The van der Waals surface area contributed by atoms with Crippen LogP contribution in [0.25, 0.3) is 10.4 Å². The van der Waals surface area contributed by atoms with Crippen LogP contribution < -0.4 is 0 Å². The van der Waals surface area contributed by atoms with Crippen molar-refractivity contribution in [3.8, 4) is 10.4 Å². The number of halogens is 1. The van der Waals surface area contributed by atoms with Crippen LogP contribution in [0, 0.1) is 12.7 Å². The molecule has 4 rings (SSSR count). The van der Waals surface area contributed by atoms with Crippen LogP contribution in [0.1, 0.15) is 55.4 Å². The largest absolute Gasteiger partial charge is 0.479 e. The van der Waals surface area contributed by atoms with Gasteiger partial charge in [-0.2, -0.15) is 0 Å². The first kappa shape index (κ1) is 31.4. The van der Waals surface area contributed by atoms with Crippen LogP contribution in [0.3, 0.4) is 0 Å². The molecule has 0 radical (unpaired) electrons. The van der Waals surface area contributed by atoms with Gasteiger partial charge >= 0.3 is 23.9 Å². The Morgan fingerprint density at radius 3 is 2.12 bits per heavy atom. The normalized spacial score (nSPS) is 20.6. The molecular formula is C32H31FO9S. The lowest BCUT2D eigenvalue weighted by Crippen LogP contribution is -2.53. The van der Waals surface area contributed by atoms with Gasteiger partial charge in [-0.3, -0.25) is 19.2 Å². The molecule has 1 fully saturated rings. The molecule has 43 heavy (non-hydrogen) atoms. The highest BCUT2D eigenvalue weighted by atomic mass is 32.1. The molecule has 0 saturated carbocycles. The predicted octanol–water partition coefficient (Wildman–Crippen LogP) is 5.72. The maximum atomic E-state index is 13.4. The minimum absolute atomic E-state index is 0.102. The second kappa shape index (κ2) is 13.6. The Morgan fingerprint density at radius 2 is 1.49 bits per heavy atom. The number of rotatable bonds is 8. The molecule has 9 nitrogen and oxygen atoms in total. The summed E-state index contributed by atoms with van der Waals surface area (Å²) in [7, 11) is 0. The quantitative estimate of drug-likeness (QED) is 0.179. The molecule has 1 aromatic heterocycles. The summed E-state index contributed by atoms with van der Waals surface area (Å²) >= 11 is 1.58. The second-order valence-electron chi connectivity index (χ2n) is 9.98. The van der Waals surface area contributed by atoms with E-state index < -0.39 is 48.3 Å². The summed E-state index contributed by atoms with van der Waals surface area (Å²) < 4.78 is 41.2. The Kier molecular flexibility index (Phi) is 9.97. The lowest BCUT2D eigenvalue weighted by Gasteiger charge is -2.42. The van der Waals surface area contributed by atoms with Crippen LogP contribution >= 0.6 is 11.3 Å². The van der Waals surface area contributed by atoms with Crippen LogP contribution in [-0.2, 0) is 49.3 Å². The number of hydrogen-bond donors (Lipinski definition) is 0. The SMILES string of the molecule is CC(=O)O/C=C1\O[C@@H](c2ccc(C)c(Cc3ccc(-c4ccc(F)cc4)s3)c2)[C@H](OC(C)=O)[C@@H](OC(C)=O)[C@@H]1OC(C)=O. The fourth-order valence-electron chi connectivity index (χ4n) is 4.71. The summed E-state index contributed by atoms with van der Waals surface area (Å²) in [4.78, 5) is 50.0. The first-order chi connectivity index (χ1) is 20.4. The lowest BCUT2D eigenvalue weighted by molar-refractivity contribution is -0.212. The summed E-state index contributed by atoms with van der Waals surface area (Å²) in [6, 6.07) is 15.9. The molecule has 11 heteroatoms. The number of benzene rings is 2. The lowest BCUT2D eigenvalue weighted by atomic mass is 9.90. The summed E-state index contributed by atoms with van der Waals surface area (Å²) in [5.74, 6) is -3.18. The maximum Gasteiger partial charge on any atom is 0.307 e. The monoisotopic (exact) mass is 610 g/mol. The molecular weight excluding hydrogens is 579 g/mol. The highest BCUT2D eigenvalue weighted by Gasteiger charge is 2.51. The van der Waals surface area contributed by atoms with Gasteiger partial charge in [0.15, 0.2) is 24.1 Å². The van der Waals surface area contributed by atoms with E-state index in [2.05, 4.69) is 0 Å². The summed E-state index contributed by atoms with van der Waals surface area (Å²) in [5.41, 5.74) is 3.43. The molecule has 0 N–H and O–H groups in total. The van der Waals surface area contributed by atoms with Crippen LogP contribution in [-0.4, -0.2) is 42.2 Å². The topological polar surface area (TPSA) is 114 Å². The standard InChI is InChI=1S/C32H31FO9S/c1-17-6-7-23(14-24(17)15-26-12-13-28(43-26)22-8-10-25(33)11-9-22)29-31(40-20(4)36)32(41-21(5)37)30(39-19(3)35)27(42-29)16-38-18(2)34/h6-14,16,29-32H,15H2,1-5H3/b27-16-/t29-,30+,31-,32-/m0/s1. The highest BCUT2D eigenvalue weighted by Crippen LogP contribution is 2.40. The average molecular weight is 611 g/mol. The third kappa shape index (κ3) is 8.07. The summed E-state index contributed by atoms with van der Waals surface area (Å²) in [5, 5.41) is 0. The zero-order valence-corrected chi connectivity index (χ0v) is 25.1. The Balaban J connectivity index is 1.73. The van der Waals surface area contributed by atoms with E-state index in [4.69, 9.17) is 23.7 Å². The van der Waals surface area contributed by atoms with Crippen molar-refractivity contribution in [1.29, 1.82) is 0 Å². The van der Waals surface area contributed by atoms with Gasteiger partial charge in [-0.25, -0.2) is 4.39 Å². The fraction of sp³-hybridized carbons (Fsp3) is 0.312. The molecule has 226 valence electrons. The summed E-state index contributed by atoms with van der Waals surface area (Å²) in [6.45, 7) is 6.66. The van der Waals surface area contributed by atoms with Gasteiger partial charge in [0.25, 0.3) is 0 Å². The minimum atomic E-state index is -1.36. The van der Waals surface area contributed by atoms with E-state index in [0.29, 0.717) is 12.0 Å². The van der Waals surface area contributed by atoms with Crippen molar-refractivity contribution in [1.82, 2.24) is 0 Å². The third-order valence-corrected chi connectivity index (χ3v) is 7.69. The van der Waals surface area contributed by atoms with Crippen LogP contribution in [0.15, 0.2) is 66.6 Å². The number of aryl methyl sites for hydroxylation is 1. The van der Waals surface area contributed by atoms with Gasteiger partial charge in [0.1, 0.15) is 12.1 Å². The number of esters is 4. The number of carbonyl (C=O) groups excluding carboxylic acids is 4. The molecule has 3 aromatic rings. The molecule has 0 bridgehead atoms. The van der Waals surface area contributed by atoms with Gasteiger partial charge < -0.3 is 23.7 Å². The van der Waals surface area contributed by atoms with Crippen molar-refractivity contribution >= 4 is 35.2 Å². The zero-order chi connectivity index (χ0) is 31.3.